The van der Waals surface area contributed by atoms with E-state index in [0.29, 0.717) is 11.8 Å². The van der Waals surface area contributed by atoms with E-state index in [-0.39, 0.29) is 17.2 Å². The number of aliphatic hydroxyl groups is 1. The summed E-state index contributed by atoms with van der Waals surface area (Å²) in [6.07, 6.45) is -1.86. The minimum absolute atomic E-state index is 0.194. The Morgan fingerprint density at radius 2 is 1.58 bits per heavy atom. The number of halogens is 3. The summed E-state index contributed by atoms with van der Waals surface area (Å²) in [5, 5.41) is 21.8. The topological polar surface area (TPSA) is 107 Å². The van der Waals surface area contributed by atoms with Gasteiger partial charge in [-0.3, -0.25) is 14.7 Å². The molecule has 0 aliphatic heterocycles. The maximum absolute atomic E-state index is 13.3. The van der Waals surface area contributed by atoms with Gasteiger partial charge >= 0.3 is 0 Å². The highest BCUT2D eigenvalue weighted by atomic mass is 19.1. The number of nitrogens with one attached hydrogen (secondary N) is 3. The van der Waals surface area contributed by atoms with Crippen LogP contribution in [0.15, 0.2) is 48.5 Å². The quantitative estimate of drug-likeness (QED) is 0.434. The fourth-order valence-electron chi connectivity index (χ4n) is 3.20. The van der Waals surface area contributed by atoms with Gasteiger partial charge in [-0.25, -0.2) is 13.2 Å². The number of aliphatic hydroxyl groups excluding tert-OH is 1. The maximum atomic E-state index is 13.3. The van der Waals surface area contributed by atoms with E-state index in [1.807, 2.05) is 13.8 Å². The number of nitrogens with zero attached hydrogens (tertiary/aromatic N) is 1. The lowest BCUT2D eigenvalue weighted by Crippen LogP contribution is -2.43. The summed E-state index contributed by atoms with van der Waals surface area (Å²) in [4.78, 5) is 24.7. The summed E-state index contributed by atoms with van der Waals surface area (Å²) in [7, 11) is 0. The molecule has 0 saturated carbocycles. The van der Waals surface area contributed by atoms with E-state index in [1.54, 1.807) is 18.2 Å². The number of carbonyl (C=O) groups excluding carboxylic acids is 2. The van der Waals surface area contributed by atoms with Crippen molar-refractivity contribution in [3.8, 4) is 0 Å². The van der Waals surface area contributed by atoms with E-state index >= 15 is 0 Å². The van der Waals surface area contributed by atoms with Gasteiger partial charge in [-0.05, 0) is 42.3 Å². The highest BCUT2D eigenvalue weighted by molar-refractivity contribution is 5.97. The minimum Gasteiger partial charge on any atom is -0.378 e. The van der Waals surface area contributed by atoms with Crippen LogP contribution in [-0.4, -0.2) is 33.2 Å². The van der Waals surface area contributed by atoms with Gasteiger partial charge in [0.25, 0.3) is 5.91 Å². The van der Waals surface area contributed by atoms with Crippen molar-refractivity contribution in [1.29, 1.82) is 0 Å². The average Bonchev–Trinajstić information content (AvgIpc) is 3.22. The molecule has 0 saturated heterocycles. The van der Waals surface area contributed by atoms with Crippen molar-refractivity contribution < 1.29 is 27.9 Å². The van der Waals surface area contributed by atoms with Crippen LogP contribution >= 0.6 is 0 Å². The first-order valence-corrected chi connectivity index (χ1v) is 10.0. The lowest BCUT2D eigenvalue weighted by atomic mass is 9.81. The van der Waals surface area contributed by atoms with Crippen LogP contribution < -0.4 is 10.6 Å². The van der Waals surface area contributed by atoms with Gasteiger partial charge in [-0.15, -0.1) is 0 Å². The monoisotopic (exact) mass is 460 g/mol. The zero-order valence-electron chi connectivity index (χ0n) is 18.1. The lowest BCUT2D eigenvalue weighted by molar-refractivity contribution is -0.132. The zero-order chi connectivity index (χ0) is 24.3. The molecule has 10 heteroatoms. The van der Waals surface area contributed by atoms with Gasteiger partial charge in [0.05, 0.1) is 0 Å². The Kier molecular flexibility index (Phi) is 6.87. The highest BCUT2D eigenvalue weighted by Crippen LogP contribution is 2.31. The molecule has 0 aliphatic carbocycles. The largest absolute Gasteiger partial charge is 0.378 e. The number of amides is 2. The third kappa shape index (κ3) is 5.58. The van der Waals surface area contributed by atoms with Gasteiger partial charge in [0.15, 0.2) is 11.9 Å². The van der Waals surface area contributed by atoms with Crippen LogP contribution in [0.25, 0.3) is 0 Å². The maximum Gasteiger partial charge on any atom is 0.254 e. The van der Waals surface area contributed by atoms with E-state index in [4.69, 9.17) is 0 Å². The summed E-state index contributed by atoms with van der Waals surface area (Å²) < 4.78 is 39.9. The second-order valence-electron chi connectivity index (χ2n) is 8.12. The Labute approximate surface area is 188 Å². The first-order valence-electron chi connectivity index (χ1n) is 10.0. The van der Waals surface area contributed by atoms with Gasteiger partial charge in [0, 0.05) is 23.2 Å². The number of aromatic nitrogens is 2. The Morgan fingerprint density at radius 3 is 2.18 bits per heavy atom. The Balaban J connectivity index is 1.63. The summed E-state index contributed by atoms with van der Waals surface area (Å²) in [5.41, 5.74) is 0.643. The van der Waals surface area contributed by atoms with Crippen LogP contribution in [0.3, 0.4) is 0 Å². The van der Waals surface area contributed by atoms with E-state index in [9.17, 15) is 27.9 Å². The van der Waals surface area contributed by atoms with E-state index in [0.717, 1.165) is 17.7 Å². The van der Waals surface area contributed by atoms with Crippen molar-refractivity contribution in [2.45, 2.75) is 38.3 Å². The van der Waals surface area contributed by atoms with E-state index in [2.05, 4.69) is 20.8 Å². The minimum atomic E-state index is -1.86. The van der Waals surface area contributed by atoms with Crippen LogP contribution in [0, 0.1) is 17.5 Å². The molecule has 0 bridgehead atoms. The molecular formula is C23H23F3N4O3. The number of aromatic amines is 1. The second kappa shape index (κ2) is 9.45. The molecule has 0 radical (unpaired) electrons. The molecule has 33 heavy (non-hydrogen) atoms. The number of anilines is 1. The highest BCUT2D eigenvalue weighted by Gasteiger charge is 2.27. The normalized spacial score (nSPS) is 13.3. The molecule has 2 unspecified atom stereocenters. The SMILES string of the molecule is CC(NC(=O)C(O)c1cc(F)cc(F)c1)C(=O)Nc1cc(C(C)(C)c2ccc(F)cc2)[nH]n1. The molecule has 0 spiro atoms. The fourth-order valence-corrected chi connectivity index (χ4v) is 3.20. The van der Waals surface area contributed by atoms with E-state index in [1.165, 1.54) is 19.1 Å². The van der Waals surface area contributed by atoms with Crippen LogP contribution in [-0.2, 0) is 15.0 Å². The second-order valence-corrected chi connectivity index (χ2v) is 8.12. The number of carbonyl (C=O) groups is 2. The number of benzene rings is 2. The molecule has 4 N–H and O–H groups in total. The molecular weight excluding hydrogens is 437 g/mol. The van der Waals surface area contributed by atoms with Gasteiger partial charge < -0.3 is 15.7 Å². The van der Waals surface area contributed by atoms with Crippen molar-refractivity contribution in [3.63, 3.8) is 0 Å². The summed E-state index contributed by atoms with van der Waals surface area (Å²) in [5.74, 6) is -3.67. The first-order chi connectivity index (χ1) is 15.5. The third-order valence-corrected chi connectivity index (χ3v) is 5.27. The molecule has 7 nitrogen and oxygen atoms in total. The van der Waals surface area contributed by atoms with Crippen molar-refractivity contribution in [3.05, 3.63) is 82.8 Å². The number of H-pyrrole nitrogens is 1. The van der Waals surface area contributed by atoms with Crippen molar-refractivity contribution >= 4 is 17.6 Å². The summed E-state index contributed by atoms with van der Waals surface area (Å²) >= 11 is 0. The number of hydrogen-bond acceptors (Lipinski definition) is 4. The van der Waals surface area contributed by atoms with Gasteiger partial charge in [-0.2, -0.15) is 5.10 Å². The van der Waals surface area contributed by atoms with Gasteiger partial charge in [0.2, 0.25) is 5.91 Å². The third-order valence-electron chi connectivity index (χ3n) is 5.27. The molecule has 1 aromatic heterocycles. The van der Waals surface area contributed by atoms with Crippen LogP contribution in [0.1, 0.15) is 43.7 Å². The van der Waals surface area contributed by atoms with Crippen molar-refractivity contribution in [2.75, 3.05) is 5.32 Å². The smallest absolute Gasteiger partial charge is 0.254 e. The standard InChI is InChI=1S/C23H23F3N4O3/c1-12(27-22(33)20(31)13-8-16(25)10-17(26)9-13)21(32)28-19-11-18(29-30-19)23(2,3)14-4-6-15(24)7-5-14/h4-12,20,31H,1-3H3,(H,27,33)(H2,28,29,30,32). The van der Waals surface area contributed by atoms with Crippen molar-refractivity contribution in [2.24, 2.45) is 0 Å². The lowest BCUT2D eigenvalue weighted by Gasteiger charge is -2.23. The first kappa shape index (κ1) is 24.0. The van der Waals surface area contributed by atoms with Crippen LogP contribution in [0.4, 0.5) is 19.0 Å². The Hall–Kier alpha value is -3.66. The summed E-state index contributed by atoms with van der Waals surface area (Å²) in [6.45, 7) is 5.18. The molecule has 0 fully saturated rings. The fraction of sp³-hybridized carbons (Fsp3) is 0.261. The van der Waals surface area contributed by atoms with Crippen molar-refractivity contribution in [1.82, 2.24) is 15.5 Å². The molecule has 1 heterocycles. The van der Waals surface area contributed by atoms with E-state index < -0.39 is 41.0 Å². The van der Waals surface area contributed by atoms with Crippen LogP contribution in [0.2, 0.25) is 0 Å². The molecule has 3 rings (SSSR count). The molecule has 0 aliphatic rings. The summed E-state index contributed by atoms with van der Waals surface area (Å²) in [6, 6.07) is 8.80. The predicted molar refractivity (Wildman–Crippen MR) is 115 cm³/mol. The Bertz CT molecular complexity index is 1140. The number of hydrogen-bond donors (Lipinski definition) is 4. The predicted octanol–water partition coefficient (Wildman–Crippen LogP) is 3.33. The molecule has 2 amide bonds. The average molecular weight is 460 g/mol. The molecule has 2 atom stereocenters. The van der Waals surface area contributed by atoms with Crippen LogP contribution in [0.5, 0.6) is 0 Å². The molecule has 2 aromatic carbocycles. The van der Waals surface area contributed by atoms with Gasteiger partial charge in [0.1, 0.15) is 23.5 Å². The van der Waals surface area contributed by atoms with Gasteiger partial charge in [-0.1, -0.05) is 26.0 Å². The zero-order valence-corrected chi connectivity index (χ0v) is 18.1. The Morgan fingerprint density at radius 1 is 0.970 bits per heavy atom. The molecule has 174 valence electrons. The number of rotatable bonds is 7. The molecule has 3 aromatic rings.